The Balaban J connectivity index is 0.000000443. The molecule has 0 atom stereocenters. The number of hydrogen-bond donors (Lipinski definition) is 1. The Kier molecular flexibility index (Phi) is 8.65. The highest BCUT2D eigenvalue weighted by atomic mass is 35.5. The van der Waals surface area contributed by atoms with Gasteiger partial charge in [-0.15, -0.1) is 12.4 Å². The van der Waals surface area contributed by atoms with Crippen LogP contribution in [0.3, 0.4) is 0 Å². The smallest absolute Gasteiger partial charge is 0.192 e. The average Bonchev–Trinajstić information content (AvgIpc) is 2.54. The topological polar surface area (TPSA) is 144 Å². The van der Waals surface area contributed by atoms with Crippen molar-refractivity contribution in [1.82, 2.24) is 9.97 Å². The lowest BCUT2D eigenvalue weighted by Crippen LogP contribution is -2.03. The zero-order valence-corrected chi connectivity index (χ0v) is 15.9. The molecule has 2 heterocycles. The van der Waals surface area contributed by atoms with Crippen LogP contribution in [0, 0.1) is 11.3 Å². The molecular weight excluding hydrogens is 388 g/mol. The van der Waals surface area contributed by atoms with Crippen molar-refractivity contribution >= 4 is 32.1 Å². The molecule has 0 bridgehead atoms. The van der Waals surface area contributed by atoms with E-state index in [0.717, 1.165) is 18.1 Å². The van der Waals surface area contributed by atoms with Crippen molar-refractivity contribution in [2.45, 2.75) is 16.6 Å². The molecule has 2 aromatic rings. The number of sulfone groups is 2. The van der Waals surface area contributed by atoms with E-state index in [2.05, 4.69) is 9.97 Å². The normalized spacial score (nSPS) is 10.6. The Labute approximate surface area is 153 Å². The van der Waals surface area contributed by atoms with E-state index in [1.54, 1.807) is 6.07 Å². The van der Waals surface area contributed by atoms with Gasteiger partial charge >= 0.3 is 0 Å². The molecule has 0 spiro atoms. The Bertz CT molecular complexity index is 970. The third kappa shape index (κ3) is 7.57. The summed E-state index contributed by atoms with van der Waals surface area (Å²) in [5.41, 5.74) is 6.40. The number of rotatable bonds is 3. The number of pyridine rings is 2. The van der Waals surface area contributed by atoms with Crippen molar-refractivity contribution in [1.29, 1.82) is 5.26 Å². The minimum atomic E-state index is -3.30. The Morgan fingerprint density at radius 3 is 1.92 bits per heavy atom. The molecule has 11 heteroatoms. The zero-order chi connectivity index (χ0) is 18.4. The monoisotopic (exact) mass is 404 g/mol. The van der Waals surface area contributed by atoms with Crippen molar-refractivity contribution in [3.8, 4) is 6.07 Å². The van der Waals surface area contributed by atoms with Crippen molar-refractivity contribution in [2.24, 2.45) is 5.73 Å². The largest absolute Gasteiger partial charge is 0.326 e. The van der Waals surface area contributed by atoms with Crippen LogP contribution in [0.15, 0.2) is 46.7 Å². The summed E-state index contributed by atoms with van der Waals surface area (Å²) in [5, 5.41) is 8.46. The van der Waals surface area contributed by atoms with Crippen LogP contribution in [-0.2, 0) is 26.2 Å². The number of hydrogen-bond acceptors (Lipinski definition) is 8. The molecule has 0 fully saturated rings. The summed E-state index contributed by atoms with van der Waals surface area (Å²) in [6.45, 7) is 0.324. The van der Waals surface area contributed by atoms with E-state index in [0.29, 0.717) is 12.1 Å². The predicted octanol–water partition coefficient (Wildman–Crippen LogP) is 0.722. The van der Waals surface area contributed by atoms with E-state index in [4.69, 9.17) is 11.0 Å². The molecule has 0 saturated heterocycles. The standard InChI is InChI=1S/C7H10N2O2S.C7H6N2O2S.ClH/c2*1-12(10,11)7-4-6(5-8)2-3-9-7;/h2-4H,5,8H2,1H3;2-4H,1H3;1H. The quantitative estimate of drug-likeness (QED) is 0.787. The van der Waals surface area contributed by atoms with Crippen LogP contribution in [0.5, 0.6) is 0 Å². The van der Waals surface area contributed by atoms with Crippen molar-refractivity contribution in [3.05, 3.63) is 47.8 Å². The van der Waals surface area contributed by atoms with Gasteiger partial charge in [0.2, 0.25) is 0 Å². The molecule has 0 amide bonds. The Morgan fingerprint density at radius 1 is 1.00 bits per heavy atom. The van der Waals surface area contributed by atoms with E-state index in [1.165, 1.54) is 30.6 Å². The maximum absolute atomic E-state index is 11.0. The van der Waals surface area contributed by atoms with E-state index < -0.39 is 19.7 Å². The molecule has 0 saturated carbocycles. The highest BCUT2D eigenvalue weighted by Crippen LogP contribution is 2.07. The van der Waals surface area contributed by atoms with E-state index >= 15 is 0 Å². The number of nitriles is 1. The predicted molar refractivity (Wildman–Crippen MR) is 94.5 cm³/mol. The van der Waals surface area contributed by atoms with Crippen LogP contribution < -0.4 is 5.73 Å². The van der Waals surface area contributed by atoms with Gasteiger partial charge in [0.1, 0.15) is 0 Å². The van der Waals surface area contributed by atoms with Crippen LogP contribution >= 0.6 is 12.4 Å². The van der Waals surface area contributed by atoms with Crippen LogP contribution in [0.1, 0.15) is 11.1 Å². The fraction of sp³-hybridized carbons (Fsp3) is 0.214. The summed E-state index contributed by atoms with van der Waals surface area (Å²) in [6.07, 6.45) is 4.92. The van der Waals surface area contributed by atoms with Crippen molar-refractivity contribution in [3.63, 3.8) is 0 Å². The number of halogens is 1. The number of nitrogens with zero attached hydrogens (tertiary/aromatic N) is 3. The second kappa shape index (κ2) is 9.43. The van der Waals surface area contributed by atoms with Gasteiger partial charge in [0.05, 0.1) is 11.6 Å². The van der Waals surface area contributed by atoms with Gasteiger partial charge in [0.15, 0.2) is 29.7 Å². The minimum absolute atomic E-state index is 0. The fourth-order valence-electron chi connectivity index (χ4n) is 1.46. The highest BCUT2D eigenvalue weighted by Gasteiger charge is 2.08. The van der Waals surface area contributed by atoms with Crippen LogP contribution in [0.4, 0.5) is 0 Å². The summed E-state index contributed by atoms with van der Waals surface area (Å²) < 4.78 is 43.9. The first kappa shape index (κ1) is 22.9. The first-order valence-electron chi connectivity index (χ1n) is 6.49. The number of aromatic nitrogens is 2. The van der Waals surface area contributed by atoms with Gasteiger partial charge in [0, 0.05) is 31.4 Å². The lowest BCUT2D eigenvalue weighted by molar-refractivity contribution is 0.596. The maximum Gasteiger partial charge on any atom is 0.192 e. The summed E-state index contributed by atoms with van der Waals surface area (Å²) in [5.74, 6) is 0. The van der Waals surface area contributed by atoms with Crippen LogP contribution in [0.25, 0.3) is 0 Å². The molecule has 0 aromatic carbocycles. The van der Waals surface area contributed by atoms with Crippen LogP contribution in [-0.4, -0.2) is 39.3 Å². The van der Waals surface area contributed by atoms with Gasteiger partial charge in [0.25, 0.3) is 0 Å². The molecule has 8 nitrogen and oxygen atoms in total. The third-order valence-corrected chi connectivity index (χ3v) is 4.62. The first-order chi connectivity index (χ1) is 11.1. The van der Waals surface area contributed by atoms with Gasteiger partial charge in [-0.1, -0.05) is 0 Å². The SMILES string of the molecule is CS(=O)(=O)c1cc(C#N)ccn1.CS(=O)(=O)c1cc(CN)ccn1.Cl. The highest BCUT2D eigenvalue weighted by molar-refractivity contribution is 7.90. The molecule has 136 valence electrons. The summed E-state index contributed by atoms with van der Waals surface area (Å²) >= 11 is 0. The van der Waals surface area contributed by atoms with Gasteiger partial charge in [-0.3, -0.25) is 0 Å². The van der Waals surface area contributed by atoms with Gasteiger partial charge in [-0.2, -0.15) is 5.26 Å². The van der Waals surface area contributed by atoms with E-state index in [9.17, 15) is 16.8 Å². The molecule has 0 aliphatic carbocycles. The first-order valence-corrected chi connectivity index (χ1v) is 10.3. The van der Waals surface area contributed by atoms with Crippen molar-refractivity contribution in [2.75, 3.05) is 12.5 Å². The van der Waals surface area contributed by atoms with Gasteiger partial charge in [-0.25, -0.2) is 26.8 Å². The summed E-state index contributed by atoms with van der Waals surface area (Å²) in [6, 6.07) is 7.70. The lowest BCUT2D eigenvalue weighted by Gasteiger charge is -1.99. The molecule has 2 N–H and O–H groups in total. The molecule has 0 unspecified atom stereocenters. The van der Waals surface area contributed by atoms with Crippen molar-refractivity contribution < 1.29 is 16.8 Å². The average molecular weight is 405 g/mol. The summed E-state index contributed by atoms with van der Waals surface area (Å²) in [4.78, 5) is 7.33. The molecule has 0 aliphatic rings. The summed E-state index contributed by atoms with van der Waals surface area (Å²) in [7, 11) is -6.50. The van der Waals surface area contributed by atoms with Crippen LogP contribution in [0.2, 0.25) is 0 Å². The molecule has 2 rings (SSSR count). The second-order valence-electron chi connectivity index (χ2n) is 4.75. The van der Waals surface area contributed by atoms with E-state index in [1.807, 2.05) is 6.07 Å². The van der Waals surface area contributed by atoms with E-state index in [-0.39, 0.29) is 22.5 Å². The Hall–Kier alpha value is -2.06. The lowest BCUT2D eigenvalue weighted by atomic mass is 10.3. The third-order valence-electron chi connectivity index (χ3n) is 2.66. The Morgan fingerprint density at radius 2 is 1.48 bits per heavy atom. The minimum Gasteiger partial charge on any atom is -0.326 e. The number of nitrogens with two attached hydrogens (primary N) is 1. The fourth-order valence-corrected chi connectivity index (χ4v) is 2.67. The molecular formula is C14H17ClN4O4S2. The molecule has 2 aromatic heterocycles. The van der Waals surface area contributed by atoms with Gasteiger partial charge < -0.3 is 5.73 Å². The second-order valence-corrected chi connectivity index (χ2v) is 8.67. The molecule has 0 radical (unpaired) electrons. The maximum atomic E-state index is 11.0. The van der Waals surface area contributed by atoms with Gasteiger partial charge in [-0.05, 0) is 29.8 Å². The molecule has 25 heavy (non-hydrogen) atoms. The zero-order valence-electron chi connectivity index (χ0n) is 13.4. The molecule has 0 aliphatic heterocycles.